The van der Waals surface area contributed by atoms with Gasteiger partial charge in [-0.2, -0.15) is 0 Å². The fraction of sp³-hybridized carbons (Fsp3) is 0.533. The van der Waals surface area contributed by atoms with Crippen LogP contribution < -0.4 is 0 Å². The fourth-order valence-electron chi connectivity index (χ4n) is 2.51. The Kier molecular flexibility index (Phi) is 4.37. The van der Waals surface area contributed by atoms with Crippen molar-refractivity contribution in [1.29, 1.82) is 0 Å². The molecule has 0 saturated carbocycles. The van der Waals surface area contributed by atoms with Crippen molar-refractivity contribution in [2.75, 3.05) is 13.1 Å². The number of likely N-dealkylation sites (tertiary alicyclic amines) is 1. The number of aliphatic carboxylic acids is 1. The van der Waals surface area contributed by atoms with E-state index in [1.54, 1.807) is 6.92 Å². The molecule has 0 aliphatic carbocycles. The molecular formula is C15H21NO2. The second-order valence-electron chi connectivity index (χ2n) is 5.20. The maximum atomic E-state index is 10.9. The van der Waals surface area contributed by atoms with Crippen molar-refractivity contribution in [1.82, 2.24) is 4.90 Å². The van der Waals surface area contributed by atoms with E-state index in [9.17, 15) is 4.79 Å². The van der Waals surface area contributed by atoms with E-state index in [0.717, 1.165) is 6.54 Å². The van der Waals surface area contributed by atoms with Gasteiger partial charge in [-0.1, -0.05) is 31.2 Å². The van der Waals surface area contributed by atoms with Crippen LogP contribution in [-0.2, 0) is 17.8 Å². The maximum Gasteiger partial charge on any atom is 0.306 e. The van der Waals surface area contributed by atoms with Crippen molar-refractivity contribution >= 4 is 5.97 Å². The van der Waals surface area contributed by atoms with Gasteiger partial charge >= 0.3 is 5.97 Å². The van der Waals surface area contributed by atoms with Crippen LogP contribution in [-0.4, -0.2) is 29.1 Å². The van der Waals surface area contributed by atoms with Crippen LogP contribution in [0.15, 0.2) is 24.3 Å². The van der Waals surface area contributed by atoms with Gasteiger partial charge in [-0.05, 0) is 43.5 Å². The smallest absolute Gasteiger partial charge is 0.306 e. The van der Waals surface area contributed by atoms with Crippen molar-refractivity contribution in [3.63, 3.8) is 0 Å². The Morgan fingerprint density at radius 3 is 2.50 bits per heavy atom. The number of hydrogen-bond acceptors (Lipinski definition) is 2. The third kappa shape index (κ3) is 3.33. The molecule has 1 heterocycles. The van der Waals surface area contributed by atoms with Crippen molar-refractivity contribution in [2.24, 2.45) is 5.92 Å². The Morgan fingerprint density at radius 2 is 1.89 bits per heavy atom. The summed E-state index contributed by atoms with van der Waals surface area (Å²) in [5.41, 5.74) is 2.46. The Bertz CT molecular complexity index is 411. The highest BCUT2D eigenvalue weighted by Crippen LogP contribution is 2.18. The number of carboxylic acid groups (broad SMARTS) is 1. The van der Waals surface area contributed by atoms with Gasteiger partial charge in [0.05, 0.1) is 5.92 Å². The molecule has 2 rings (SSSR count). The first-order valence-electron chi connectivity index (χ1n) is 6.69. The molecule has 3 nitrogen and oxygen atoms in total. The molecule has 0 bridgehead atoms. The summed E-state index contributed by atoms with van der Waals surface area (Å²) >= 11 is 0. The van der Waals surface area contributed by atoms with Crippen LogP contribution in [0.25, 0.3) is 0 Å². The van der Waals surface area contributed by atoms with Crippen molar-refractivity contribution < 1.29 is 9.90 Å². The molecule has 1 saturated heterocycles. The Morgan fingerprint density at radius 1 is 1.28 bits per heavy atom. The van der Waals surface area contributed by atoms with Gasteiger partial charge in [-0.3, -0.25) is 9.69 Å². The molecule has 0 aromatic heterocycles. The zero-order valence-corrected chi connectivity index (χ0v) is 10.9. The normalized spacial score (nSPS) is 17.8. The van der Waals surface area contributed by atoms with Gasteiger partial charge in [0.15, 0.2) is 0 Å². The molecule has 1 atom stereocenters. The molecule has 1 aliphatic heterocycles. The molecule has 18 heavy (non-hydrogen) atoms. The summed E-state index contributed by atoms with van der Waals surface area (Å²) < 4.78 is 0. The molecule has 0 radical (unpaired) electrons. The molecular weight excluding hydrogens is 226 g/mol. The first-order chi connectivity index (χ1) is 8.66. The molecule has 1 unspecified atom stereocenters. The minimum absolute atomic E-state index is 0.315. The molecule has 98 valence electrons. The fourth-order valence-corrected chi connectivity index (χ4v) is 2.51. The average molecular weight is 247 g/mol. The number of carbonyl (C=O) groups is 1. The van der Waals surface area contributed by atoms with Crippen LogP contribution in [0.5, 0.6) is 0 Å². The molecule has 0 amide bonds. The van der Waals surface area contributed by atoms with Gasteiger partial charge in [-0.15, -0.1) is 0 Å². The Balaban J connectivity index is 2.06. The second kappa shape index (κ2) is 6.01. The van der Waals surface area contributed by atoms with Gasteiger partial charge in [0.2, 0.25) is 0 Å². The monoisotopic (exact) mass is 247 g/mol. The van der Waals surface area contributed by atoms with E-state index in [0.29, 0.717) is 6.42 Å². The lowest BCUT2D eigenvalue weighted by molar-refractivity contribution is -0.141. The third-order valence-electron chi connectivity index (χ3n) is 3.66. The van der Waals surface area contributed by atoms with E-state index >= 15 is 0 Å². The molecule has 1 fully saturated rings. The first kappa shape index (κ1) is 13.1. The van der Waals surface area contributed by atoms with Crippen LogP contribution in [0.3, 0.4) is 0 Å². The summed E-state index contributed by atoms with van der Waals surface area (Å²) in [6, 6.07) is 8.23. The summed E-state index contributed by atoms with van der Waals surface area (Å²) in [5.74, 6) is -1.03. The Labute approximate surface area is 108 Å². The minimum atomic E-state index is -0.717. The molecule has 3 heteroatoms. The summed E-state index contributed by atoms with van der Waals surface area (Å²) in [6.45, 7) is 5.07. The van der Waals surface area contributed by atoms with E-state index in [1.807, 2.05) is 12.1 Å². The number of rotatable bonds is 5. The van der Waals surface area contributed by atoms with E-state index in [1.165, 1.54) is 37.1 Å². The average Bonchev–Trinajstić information content (AvgIpc) is 2.84. The van der Waals surface area contributed by atoms with Gasteiger partial charge < -0.3 is 5.11 Å². The first-order valence-corrected chi connectivity index (χ1v) is 6.69. The predicted octanol–water partition coefficient (Wildman–Crippen LogP) is 2.55. The standard InChI is InChI=1S/C15H21NO2/c1-12(15(17)18)10-13-6-2-3-7-14(13)11-16-8-4-5-9-16/h2-3,6-7,12H,4-5,8-11H2,1H3,(H,17,18). The van der Waals surface area contributed by atoms with Crippen molar-refractivity contribution in [2.45, 2.75) is 32.7 Å². The molecule has 1 aromatic carbocycles. The predicted molar refractivity (Wildman–Crippen MR) is 71.5 cm³/mol. The molecule has 1 N–H and O–H groups in total. The lowest BCUT2D eigenvalue weighted by Gasteiger charge is -2.18. The van der Waals surface area contributed by atoms with E-state index in [4.69, 9.17) is 5.11 Å². The quantitative estimate of drug-likeness (QED) is 0.869. The summed E-state index contributed by atoms with van der Waals surface area (Å²) in [6.07, 6.45) is 3.20. The second-order valence-corrected chi connectivity index (χ2v) is 5.20. The van der Waals surface area contributed by atoms with Crippen LogP contribution in [0.4, 0.5) is 0 Å². The highest BCUT2D eigenvalue weighted by Gasteiger charge is 2.16. The lowest BCUT2D eigenvalue weighted by atomic mass is 9.96. The zero-order valence-electron chi connectivity index (χ0n) is 10.9. The molecule has 1 aliphatic rings. The lowest BCUT2D eigenvalue weighted by Crippen LogP contribution is -2.20. The summed E-state index contributed by atoms with van der Waals surface area (Å²) in [5, 5.41) is 9.01. The third-order valence-corrected chi connectivity index (χ3v) is 3.66. The minimum Gasteiger partial charge on any atom is -0.481 e. The zero-order chi connectivity index (χ0) is 13.0. The van der Waals surface area contributed by atoms with Crippen molar-refractivity contribution in [3.8, 4) is 0 Å². The van der Waals surface area contributed by atoms with E-state index in [-0.39, 0.29) is 5.92 Å². The van der Waals surface area contributed by atoms with E-state index in [2.05, 4.69) is 17.0 Å². The van der Waals surface area contributed by atoms with Crippen LogP contribution in [0, 0.1) is 5.92 Å². The van der Waals surface area contributed by atoms with Gasteiger partial charge in [-0.25, -0.2) is 0 Å². The van der Waals surface area contributed by atoms with Crippen LogP contribution in [0.1, 0.15) is 30.9 Å². The van der Waals surface area contributed by atoms with Crippen LogP contribution in [0.2, 0.25) is 0 Å². The topological polar surface area (TPSA) is 40.5 Å². The SMILES string of the molecule is CC(Cc1ccccc1CN1CCCC1)C(=O)O. The number of carboxylic acids is 1. The van der Waals surface area contributed by atoms with Crippen LogP contribution >= 0.6 is 0 Å². The number of hydrogen-bond donors (Lipinski definition) is 1. The summed E-state index contributed by atoms with van der Waals surface area (Å²) in [4.78, 5) is 13.4. The molecule has 0 spiro atoms. The van der Waals surface area contributed by atoms with Gasteiger partial charge in [0.1, 0.15) is 0 Å². The van der Waals surface area contributed by atoms with Gasteiger partial charge in [0.25, 0.3) is 0 Å². The van der Waals surface area contributed by atoms with E-state index < -0.39 is 5.97 Å². The number of benzene rings is 1. The highest BCUT2D eigenvalue weighted by molar-refractivity contribution is 5.70. The molecule has 1 aromatic rings. The van der Waals surface area contributed by atoms with Crippen molar-refractivity contribution in [3.05, 3.63) is 35.4 Å². The highest BCUT2D eigenvalue weighted by atomic mass is 16.4. The maximum absolute atomic E-state index is 10.9. The summed E-state index contributed by atoms with van der Waals surface area (Å²) in [7, 11) is 0. The Hall–Kier alpha value is -1.35. The number of nitrogens with zero attached hydrogens (tertiary/aromatic N) is 1. The van der Waals surface area contributed by atoms with Gasteiger partial charge in [0, 0.05) is 6.54 Å². The largest absolute Gasteiger partial charge is 0.481 e.